The summed E-state index contributed by atoms with van der Waals surface area (Å²) in [6.07, 6.45) is 3.55. The van der Waals surface area contributed by atoms with Crippen molar-refractivity contribution in [2.45, 2.75) is 5.41 Å². The van der Waals surface area contributed by atoms with Gasteiger partial charge >= 0.3 is 0 Å². The Kier molecular flexibility index (Phi) is 6.25. The van der Waals surface area contributed by atoms with Gasteiger partial charge in [0.25, 0.3) is 0 Å². The second-order valence-electron chi connectivity index (χ2n) is 8.38. The number of hydrogen-bond donors (Lipinski definition) is 0. The van der Waals surface area contributed by atoms with Gasteiger partial charge in [0, 0.05) is 12.4 Å². The summed E-state index contributed by atoms with van der Waals surface area (Å²) in [5.74, 6) is 3.14. The fourth-order valence-electron chi connectivity index (χ4n) is 5.32. The van der Waals surface area contributed by atoms with Gasteiger partial charge in [-0.1, -0.05) is 12.1 Å². The van der Waals surface area contributed by atoms with Crippen LogP contribution in [0, 0.1) is 0 Å². The van der Waals surface area contributed by atoms with Crippen molar-refractivity contribution >= 4 is 0 Å². The number of hydrogen-bond acceptors (Lipinski definition) is 8. The smallest absolute Gasteiger partial charge is 0.203 e. The Labute approximate surface area is 215 Å². The minimum Gasteiger partial charge on any atom is -0.493 e. The molecule has 0 saturated carbocycles. The maximum Gasteiger partial charge on any atom is 0.203 e. The van der Waals surface area contributed by atoms with Gasteiger partial charge in [0.2, 0.25) is 11.5 Å². The van der Waals surface area contributed by atoms with E-state index in [0.29, 0.717) is 34.5 Å². The normalized spacial score (nSPS) is 12.8. The number of rotatable bonds is 8. The van der Waals surface area contributed by atoms with Crippen LogP contribution in [0.2, 0.25) is 0 Å². The van der Waals surface area contributed by atoms with Gasteiger partial charge in [-0.25, -0.2) is 0 Å². The number of methoxy groups -OCH3 is 6. The molecule has 0 saturated heterocycles. The zero-order valence-electron chi connectivity index (χ0n) is 21.6. The van der Waals surface area contributed by atoms with Crippen molar-refractivity contribution in [3.63, 3.8) is 0 Å². The molecular formula is C29H28N2O6. The molecule has 5 rings (SSSR count). The van der Waals surface area contributed by atoms with Gasteiger partial charge in [0.05, 0.1) is 59.5 Å². The first-order chi connectivity index (χ1) is 18.1. The molecule has 2 heterocycles. The summed E-state index contributed by atoms with van der Waals surface area (Å²) in [5.41, 5.74) is 4.36. The van der Waals surface area contributed by atoms with Crippen molar-refractivity contribution in [1.29, 1.82) is 0 Å². The molecule has 8 nitrogen and oxygen atoms in total. The molecule has 1 aliphatic carbocycles. The Hall–Kier alpha value is -4.46. The summed E-state index contributed by atoms with van der Waals surface area (Å²) < 4.78 is 34.3. The van der Waals surface area contributed by atoms with Gasteiger partial charge in [-0.15, -0.1) is 0 Å². The van der Waals surface area contributed by atoms with E-state index < -0.39 is 5.41 Å². The molecule has 0 spiro atoms. The first-order valence-corrected chi connectivity index (χ1v) is 11.6. The van der Waals surface area contributed by atoms with Crippen LogP contribution in [0.15, 0.2) is 60.9 Å². The van der Waals surface area contributed by atoms with Gasteiger partial charge in [-0.05, 0) is 58.7 Å². The first kappa shape index (κ1) is 24.2. The quantitative estimate of drug-likeness (QED) is 0.298. The summed E-state index contributed by atoms with van der Waals surface area (Å²) in [6.45, 7) is 0. The molecule has 4 aromatic rings. The lowest BCUT2D eigenvalue weighted by Crippen LogP contribution is -2.29. The summed E-state index contributed by atoms with van der Waals surface area (Å²) in [5, 5.41) is 0. The van der Waals surface area contributed by atoms with Crippen LogP contribution in [-0.2, 0) is 5.41 Å². The summed E-state index contributed by atoms with van der Waals surface area (Å²) in [6, 6.07) is 15.8. The van der Waals surface area contributed by atoms with Crippen molar-refractivity contribution in [3.05, 3.63) is 83.2 Å². The molecule has 2 aromatic heterocycles. The van der Waals surface area contributed by atoms with Crippen LogP contribution in [0.1, 0.15) is 22.3 Å². The van der Waals surface area contributed by atoms with E-state index in [4.69, 9.17) is 38.4 Å². The Bertz CT molecular complexity index is 1310. The van der Waals surface area contributed by atoms with Gasteiger partial charge < -0.3 is 28.4 Å². The number of aromatic nitrogens is 2. The molecule has 0 bridgehead atoms. The number of fused-ring (bicyclic) bond motifs is 3. The summed E-state index contributed by atoms with van der Waals surface area (Å²) >= 11 is 0. The van der Waals surface area contributed by atoms with Crippen molar-refractivity contribution < 1.29 is 28.4 Å². The number of pyridine rings is 2. The van der Waals surface area contributed by atoms with Crippen molar-refractivity contribution in [2.75, 3.05) is 42.7 Å². The Morgan fingerprint density at radius 2 is 0.865 bits per heavy atom. The predicted octanol–water partition coefficient (Wildman–Crippen LogP) is 4.89. The predicted molar refractivity (Wildman–Crippen MR) is 139 cm³/mol. The van der Waals surface area contributed by atoms with Gasteiger partial charge in [-0.3, -0.25) is 9.97 Å². The molecule has 0 aliphatic heterocycles. The maximum atomic E-state index is 5.76. The van der Waals surface area contributed by atoms with Crippen molar-refractivity contribution in [3.8, 4) is 45.9 Å². The Morgan fingerprint density at radius 1 is 0.514 bits per heavy atom. The molecule has 1 aliphatic rings. The van der Waals surface area contributed by atoms with Crippen LogP contribution < -0.4 is 28.4 Å². The number of nitrogens with zero attached hydrogens (tertiary/aromatic N) is 2. The van der Waals surface area contributed by atoms with E-state index in [1.165, 1.54) is 0 Å². The van der Waals surface area contributed by atoms with E-state index in [1.54, 1.807) is 55.1 Å². The standard InChI is InChI=1S/C29H28N2O6/c1-32-21-13-17(14-22(33-2)27(21)36-5)29(18-15-23(34-3)28(37-6)24(16-18)35-4)19-9-7-11-30-25(19)26-20(29)10-8-12-31-26/h7-16H,1-6H3. The van der Waals surface area contributed by atoms with E-state index >= 15 is 0 Å². The van der Waals surface area contributed by atoms with Crippen LogP contribution in [0.3, 0.4) is 0 Å². The monoisotopic (exact) mass is 500 g/mol. The molecule has 37 heavy (non-hydrogen) atoms. The van der Waals surface area contributed by atoms with E-state index in [9.17, 15) is 0 Å². The fraction of sp³-hybridized carbons (Fsp3) is 0.241. The van der Waals surface area contributed by atoms with Gasteiger partial charge in [-0.2, -0.15) is 0 Å². The second-order valence-corrected chi connectivity index (χ2v) is 8.38. The van der Waals surface area contributed by atoms with Crippen LogP contribution in [0.5, 0.6) is 34.5 Å². The third-order valence-corrected chi connectivity index (χ3v) is 6.84. The molecule has 0 amide bonds. The highest BCUT2D eigenvalue weighted by molar-refractivity contribution is 5.83. The Balaban J connectivity index is 1.98. The third-order valence-electron chi connectivity index (χ3n) is 6.84. The van der Waals surface area contributed by atoms with Crippen LogP contribution in [0.25, 0.3) is 11.4 Å². The topological polar surface area (TPSA) is 81.2 Å². The molecule has 0 N–H and O–H groups in total. The van der Waals surface area contributed by atoms with E-state index in [0.717, 1.165) is 33.6 Å². The third kappa shape index (κ3) is 3.43. The lowest BCUT2D eigenvalue weighted by molar-refractivity contribution is 0.322. The highest BCUT2D eigenvalue weighted by atomic mass is 16.5. The van der Waals surface area contributed by atoms with Crippen molar-refractivity contribution in [2.24, 2.45) is 0 Å². The SMILES string of the molecule is COc1cc(C2(c3cc(OC)c(OC)c(OC)c3)c3cccnc3-c3ncccc32)cc(OC)c1OC. The van der Waals surface area contributed by atoms with Crippen LogP contribution >= 0.6 is 0 Å². The van der Waals surface area contributed by atoms with Crippen LogP contribution in [0.4, 0.5) is 0 Å². The lowest BCUT2D eigenvalue weighted by Gasteiger charge is -2.34. The molecule has 8 heteroatoms. The minimum atomic E-state index is -0.868. The molecule has 2 aromatic carbocycles. The molecule has 0 radical (unpaired) electrons. The average Bonchev–Trinajstić information content (AvgIpc) is 3.26. The first-order valence-electron chi connectivity index (χ1n) is 11.6. The zero-order chi connectivity index (χ0) is 26.2. The minimum absolute atomic E-state index is 0.504. The number of ether oxygens (including phenoxy) is 6. The largest absolute Gasteiger partial charge is 0.493 e. The molecule has 0 atom stereocenters. The molecule has 190 valence electrons. The van der Waals surface area contributed by atoms with E-state index in [2.05, 4.69) is 12.1 Å². The van der Waals surface area contributed by atoms with E-state index in [1.807, 2.05) is 36.4 Å². The van der Waals surface area contributed by atoms with Crippen LogP contribution in [-0.4, -0.2) is 52.6 Å². The average molecular weight is 501 g/mol. The Morgan fingerprint density at radius 3 is 1.16 bits per heavy atom. The summed E-state index contributed by atoms with van der Waals surface area (Å²) in [7, 11) is 9.59. The summed E-state index contributed by atoms with van der Waals surface area (Å²) in [4.78, 5) is 9.50. The van der Waals surface area contributed by atoms with Gasteiger partial charge in [0.1, 0.15) is 0 Å². The maximum absolute atomic E-state index is 5.76. The van der Waals surface area contributed by atoms with E-state index in [-0.39, 0.29) is 0 Å². The van der Waals surface area contributed by atoms with Crippen molar-refractivity contribution in [1.82, 2.24) is 9.97 Å². The molecule has 0 unspecified atom stereocenters. The highest BCUT2D eigenvalue weighted by Gasteiger charge is 2.49. The zero-order valence-corrected chi connectivity index (χ0v) is 21.6. The molecule has 0 fully saturated rings. The highest BCUT2D eigenvalue weighted by Crippen LogP contribution is 2.58. The fourth-order valence-corrected chi connectivity index (χ4v) is 5.32. The lowest BCUT2D eigenvalue weighted by atomic mass is 9.68. The number of benzene rings is 2. The molecular weight excluding hydrogens is 472 g/mol. The second kappa shape index (κ2) is 9.54. The van der Waals surface area contributed by atoms with Gasteiger partial charge in [0.15, 0.2) is 23.0 Å².